The Balaban J connectivity index is 2.77. The van der Waals surface area contributed by atoms with Crippen molar-refractivity contribution in [1.29, 1.82) is 0 Å². The number of carbonyl (C=O) groups excluding carboxylic acids is 1. The zero-order valence-corrected chi connectivity index (χ0v) is 12.4. The maximum atomic E-state index is 12.6. The van der Waals surface area contributed by atoms with Crippen LogP contribution in [0.1, 0.15) is 24.2 Å². The lowest BCUT2D eigenvalue weighted by Gasteiger charge is -2.19. The fraction of sp³-hybridized carbons (Fsp3) is 0.267. The van der Waals surface area contributed by atoms with Crippen LogP contribution in [-0.4, -0.2) is 32.1 Å². The van der Waals surface area contributed by atoms with Gasteiger partial charge in [-0.1, -0.05) is 38.1 Å². The Kier molecular flexibility index (Phi) is 4.20. The van der Waals surface area contributed by atoms with Crippen LogP contribution in [0.3, 0.4) is 0 Å². The molecule has 106 valence electrons. The molecular weight excluding hydrogens is 274 g/mol. The third-order valence-corrected chi connectivity index (χ3v) is 5.48. The zero-order valence-electron chi connectivity index (χ0n) is 11.5. The molecule has 0 N–H and O–H groups in total. The molecule has 0 heterocycles. The number of hydrogen-bond acceptors (Lipinski definition) is 3. The molecule has 0 aliphatic heterocycles. The summed E-state index contributed by atoms with van der Waals surface area (Å²) >= 11 is 0. The van der Waals surface area contributed by atoms with E-state index in [1.54, 1.807) is 30.3 Å². The Bertz CT molecular complexity index is 734. The molecule has 20 heavy (non-hydrogen) atoms. The first kappa shape index (κ1) is 14.7. The van der Waals surface area contributed by atoms with Crippen molar-refractivity contribution in [3.05, 3.63) is 42.0 Å². The molecule has 2 rings (SSSR count). The molecule has 0 fully saturated rings. The number of nitrogens with zero attached hydrogens (tertiary/aromatic N) is 1. The highest BCUT2D eigenvalue weighted by Gasteiger charge is 2.24. The van der Waals surface area contributed by atoms with E-state index in [1.165, 1.54) is 10.4 Å². The largest absolute Gasteiger partial charge is 0.298 e. The Morgan fingerprint density at radius 3 is 2.15 bits per heavy atom. The average Bonchev–Trinajstić information content (AvgIpc) is 2.46. The maximum absolute atomic E-state index is 12.6. The molecule has 4 nitrogen and oxygen atoms in total. The molecule has 0 aliphatic rings. The van der Waals surface area contributed by atoms with Gasteiger partial charge in [0.15, 0.2) is 6.29 Å². The summed E-state index contributed by atoms with van der Waals surface area (Å²) in [5.41, 5.74) is 0.499. The van der Waals surface area contributed by atoms with Crippen LogP contribution in [0.4, 0.5) is 0 Å². The second-order valence-electron chi connectivity index (χ2n) is 4.41. The maximum Gasteiger partial charge on any atom is 0.243 e. The topological polar surface area (TPSA) is 54.5 Å². The van der Waals surface area contributed by atoms with Crippen LogP contribution in [0.15, 0.2) is 41.3 Å². The van der Waals surface area contributed by atoms with Crippen molar-refractivity contribution in [1.82, 2.24) is 4.31 Å². The second-order valence-corrected chi connectivity index (χ2v) is 6.31. The number of benzene rings is 2. The van der Waals surface area contributed by atoms with E-state index in [2.05, 4.69) is 0 Å². The number of sulfonamides is 1. The van der Waals surface area contributed by atoms with Crippen LogP contribution in [0.5, 0.6) is 0 Å². The van der Waals surface area contributed by atoms with Gasteiger partial charge >= 0.3 is 0 Å². The first-order valence-electron chi connectivity index (χ1n) is 6.53. The lowest BCUT2D eigenvalue weighted by Crippen LogP contribution is -2.30. The van der Waals surface area contributed by atoms with Crippen LogP contribution in [0, 0.1) is 0 Å². The van der Waals surface area contributed by atoms with Gasteiger partial charge in [0.25, 0.3) is 0 Å². The fourth-order valence-electron chi connectivity index (χ4n) is 2.33. The standard InChI is InChI=1S/C15H17NO3S/c1-3-16(4-2)20(18,19)15-10-9-12(11-17)13-7-5-6-8-14(13)15/h5-11H,3-4H2,1-2H3. The highest BCUT2D eigenvalue weighted by molar-refractivity contribution is 7.89. The summed E-state index contributed by atoms with van der Waals surface area (Å²) in [6.45, 7) is 4.46. The molecule has 0 aromatic heterocycles. The molecule has 5 heteroatoms. The van der Waals surface area contributed by atoms with Crippen LogP contribution in [-0.2, 0) is 10.0 Å². The van der Waals surface area contributed by atoms with E-state index in [1.807, 2.05) is 13.8 Å². The monoisotopic (exact) mass is 291 g/mol. The van der Waals surface area contributed by atoms with Gasteiger partial charge in [-0.2, -0.15) is 4.31 Å². The normalized spacial score (nSPS) is 11.9. The number of hydrogen-bond donors (Lipinski definition) is 0. The minimum Gasteiger partial charge on any atom is -0.298 e. The van der Waals surface area contributed by atoms with Crippen LogP contribution in [0.25, 0.3) is 10.8 Å². The van der Waals surface area contributed by atoms with E-state index in [-0.39, 0.29) is 4.90 Å². The molecule has 0 bridgehead atoms. The summed E-state index contributed by atoms with van der Waals surface area (Å²) in [5.74, 6) is 0. The summed E-state index contributed by atoms with van der Waals surface area (Å²) in [5, 5.41) is 1.25. The molecule has 0 radical (unpaired) electrons. The molecule has 2 aromatic carbocycles. The minimum absolute atomic E-state index is 0.252. The van der Waals surface area contributed by atoms with Gasteiger partial charge in [-0.15, -0.1) is 0 Å². The van der Waals surface area contributed by atoms with Crippen molar-refractivity contribution >= 4 is 27.1 Å². The predicted molar refractivity (Wildman–Crippen MR) is 79.4 cm³/mol. The van der Waals surface area contributed by atoms with E-state index in [0.717, 1.165) is 6.29 Å². The summed E-state index contributed by atoms with van der Waals surface area (Å²) in [7, 11) is -3.54. The first-order valence-corrected chi connectivity index (χ1v) is 7.97. The minimum atomic E-state index is -3.54. The molecule has 0 spiro atoms. The Labute approximate surface area is 119 Å². The molecule has 0 aliphatic carbocycles. The van der Waals surface area contributed by atoms with E-state index in [0.29, 0.717) is 29.4 Å². The van der Waals surface area contributed by atoms with Gasteiger partial charge < -0.3 is 0 Å². The van der Waals surface area contributed by atoms with Crippen molar-refractivity contribution in [2.75, 3.05) is 13.1 Å². The quantitative estimate of drug-likeness (QED) is 0.796. The van der Waals surface area contributed by atoms with E-state index >= 15 is 0 Å². The van der Waals surface area contributed by atoms with Gasteiger partial charge in [-0.05, 0) is 17.5 Å². The molecule has 0 unspecified atom stereocenters. The third kappa shape index (κ3) is 2.34. The van der Waals surface area contributed by atoms with Gasteiger partial charge in [0.2, 0.25) is 10.0 Å². The van der Waals surface area contributed by atoms with Crippen molar-refractivity contribution in [3.8, 4) is 0 Å². The van der Waals surface area contributed by atoms with Crippen LogP contribution >= 0.6 is 0 Å². The highest BCUT2D eigenvalue weighted by atomic mass is 32.2. The molecule has 0 atom stereocenters. The fourth-order valence-corrected chi connectivity index (χ4v) is 3.98. The first-order chi connectivity index (χ1) is 9.56. The van der Waals surface area contributed by atoms with Crippen LogP contribution < -0.4 is 0 Å². The van der Waals surface area contributed by atoms with E-state index in [9.17, 15) is 13.2 Å². The summed E-state index contributed by atoms with van der Waals surface area (Å²) in [4.78, 5) is 11.3. The zero-order chi connectivity index (χ0) is 14.8. The number of fused-ring (bicyclic) bond motifs is 1. The van der Waals surface area contributed by atoms with E-state index < -0.39 is 10.0 Å². The Morgan fingerprint density at radius 1 is 1.00 bits per heavy atom. The van der Waals surface area contributed by atoms with Gasteiger partial charge in [-0.3, -0.25) is 4.79 Å². The summed E-state index contributed by atoms with van der Waals surface area (Å²) < 4.78 is 26.7. The molecule has 2 aromatic rings. The van der Waals surface area contributed by atoms with Crippen molar-refractivity contribution < 1.29 is 13.2 Å². The number of rotatable bonds is 5. The lowest BCUT2D eigenvalue weighted by molar-refractivity contribution is 0.112. The summed E-state index contributed by atoms with van der Waals surface area (Å²) in [6.07, 6.45) is 0.746. The average molecular weight is 291 g/mol. The molecule has 0 saturated carbocycles. The van der Waals surface area contributed by atoms with E-state index in [4.69, 9.17) is 0 Å². The Hall–Kier alpha value is -1.72. The van der Waals surface area contributed by atoms with Crippen molar-refractivity contribution in [3.63, 3.8) is 0 Å². The molecule has 0 amide bonds. The number of carbonyl (C=O) groups is 1. The van der Waals surface area contributed by atoms with Crippen LogP contribution in [0.2, 0.25) is 0 Å². The highest BCUT2D eigenvalue weighted by Crippen LogP contribution is 2.27. The van der Waals surface area contributed by atoms with Gasteiger partial charge in [0.05, 0.1) is 4.90 Å². The second kappa shape index (κ2) is 5.73. The van der Waals surface area contributed by atoms with Crippen molar-refractivity contribution in [2.45, 2.75) is 18.7 Å². The van der Waals surface area contributed by atoms with Gasteiger partial charge in [0, 0.05) is 24.0 Å². The molecule has 0 saturated heterocycles. The predicted octanol–water partition coefficient (Wildman–Crippen LogP) is 2.68. The van der Waals surface area contributed by atoms with Gasteiger partial charge in [0.1, 0.15) is 0 Å². The SMILES string of the molecule is CCN(CC)S(=O)(=O)c1ccc(C=O)c2ccccc12. The molecular formula is C15H17NO3S. The summed E-state index contributed by atoms with van der Waals surface area (Å²) in [6, 6.07) is 10.1. The Morgan fingerprint density at radius 2 is 1.60 bits per heavy atom. The smallest absolute Gasteiger partial charge is 0.243 e. The lowest BCUT2D eigenvalue weighted by atomic mass is 10.1. The van der Waals surface area contributed by atoms with Gasteiger partial charge in [-0.25, -0.2) is 8.42 Å². The number of aldehydes is 1. The van der Waals surface area contributed by atoms with Crippen molar-refractivity contribution in [2.24, 2.45) is 0 Å². The third-order valence-electron chi connectivity index (χ3n) is 3.37.